The third-order valence-corrected chi connectivity index (χ3v) is 2.98. The molecule has 0 radical (unpaired) electrons. The molecule has 2 N–H and O–H groups in total. The Morgan fingerprint density at radius 3 is 2.76 bits per heavy atom. The van der Waals surface area contributed by atoms with Gasteiger partial charge >= 0.3 is 0 Å². The van der Waals surface area contributed by atoms with Crippen molar-refractivity contribution in [2.24, 2.45) is 5.92 Å². The van der Waals surface area contributed by atoms with Gasteiger partial charge in [-0.2, -0.15) is 0 Å². The molecule has 0 fully saturated rings. The Morgan fingerprint density at radius 1 is 1.41 bits per heavy atom. The van der Waals surface area contributed by atoms with Crippen LogP contribution in [0, 0.1) is 5.92 Å². The molecule has 17 heavy (non-hydrogen) atoms. The highest BCUT2D eigenvalue weighted by Crippen LogP contribution is 2.23. The Bertz CT molecular complexity index is 545. The lowest BCUT2D eigenvalue weighted by atomic mass is 9.86. The number of carbonyl (C=O) groups excluding carboxylic acids is 2. The lowest BCUT2D eigenvalue weighted by molar-refractivity contribution is 0.0952. The van der Waals surface area contributed by atoms with Gasteiger partial charge in [0.1, 0.15) is 5.56 Å². The van der Waals surface area contributed by atoms with E-state index in [1.54, 1.807) is 0 Å². The van der Waals surface area contributed by atoms with Crippen molar-refractivity contribution in [1.82, 2.24) is 10.3 Å². The van der Waals surface area contributed by atoms with E-state index in [2.05, 4.69) is 10.3 Å². The van der Waals surface area contributed by atoms with Gasteiger partial charge in [-0.05, 0) is 18.4 Å². The number of hydrogen-bond acceptors (Lipinski definition) is 3. The first kappa shape index (κ1) is 11.6. The molecule has 1 aliphatic rings. The van der Waals surface area contributed by atoms with E-state index in [0.29, 0.717) is 24.1 Å². The number of hydrogen-bond donors (Lipinski definition) is 2. The number of fused-ring (bicyclic) bond motifs is 1. The van der Waals surface area contributed by atoms with Crippen LogP contribution >= 0.6 is 0 Å². The SMILES string of the molecule is CNC(=O)c1cc2c([nH]c1=O)CC(C)CC2=O. The molecule has 0 spiro atoms. The first-order valence-electron chi connectivity index (χ1n) is 5.54. The van der Waals surface area contributed by atoms with Crippen LogP contribution in [0.25, 0.3) is 0 Å². The third kappa shape index (κ3) is 2.00. The summed E-state index contributed by atoms with van der Waals surface area (Å²) in [5.41, 5.74) is 0.673. The fourth-order valence-corrected chi connectivity index (χ4v) is 2.13. The molecule has 0 aliphatic heterocycles. The number of Topliss-reactive ketones (excluding diaryl/α,β-unsaturated/α-hetero) is 1. The number of ketones is 1. The highest BCUT2D eigenvalue weighted by molar-refractivity contribution is 6.01. The molecule has 5 nitrogen and oxygen atoms in total. The summed E-state index contributed by atoms with van der Waals surface area (Å²) >= 11 is 0. The van der Waals surface area contributed by atoms with Gasteiger partial charge in [-0.3, -0.25) is 14.4 Å². The van der Waals surface area contributed by atoms with Crippen molar-refractivity contribution < 1.29 is 9.59 Å². The zero-order valence-corrected chi connectivity index (χ0v) is 9.79. The number of carbonyl (C=O) groups is 2. The van der Waals surface area contributed by atoms with Gasteiger partial charge in [0.15, 0.2) is 5.78 Å². The lowest BCUT2D eigenvalue weighted by Crippen LogP contribution is -2.30. The molecule has 90 valence electrons. The Morgan fingerprint density at radius 2 is 2.12 bits per heavy atom. The van der Waals surface area contributed by atoms with Crippen molar-refractivity contribution in [1.29, 1.82) is 0 Å². The van der Waals surface area contributed by atoms with E-state index < -0.39 is 11.5 Å². The van der Waals surface area contributed by atoms with Crippen LogP contribution in [-0.4, -0.2) is 23.7 Å². The molecule has 1 atom stereocenters. The quantitative estimate of drug-likeness (QED) is 0.742. The molecule has 2 rings (SSSR count). The zero-order valence-electron chi connectivity index (χ0n) is 9.79. The smallest absolute Gasteiger partial charge is 0.261 e. The highest BCUT2D eigenvalue weighted by atomic mass is 16.2. The van der Waals surface area contributed by atoms with Crippen LogP contribution < -0.4 is 10.9 Å². The second kappa shape index (κ2) is 4.16. The summed E-state index contributed by atoms with van der Waals surface area (Å²) < 4.78 is 0. The summed E-state index contributed by atoms with van der Waals surface area (Å²) in [7, 11) is 1.45. The number of aromatic amines is 1. The first-order valence-corrected chi connectivity index (χ1v) is 5.54. The lowest BCUT2D eigenvalue weighted by Gasteiger charge is -2.20. The van der Waals surface area contributed by atoms with Gasteiger partial charge in [-0.1, -0.05) is 6.92 Å². The maximum atomic E-state index is 11.8. The molecule has 1 aromatic heterocycles. The minimum absolute atomic E-state index is 0.00541. The van der Waals surface area contributed by atoms with Crippen LogP contribution in [0.5, 0.6) is 0 Å². The topological polar surface area (TPSA) is 79.0 Å². The van der Waals surface area contributed by atoms with Gasteiger partial charge in [0.05, 0.1) is 0 Å². The van der Waals surface area contributed by atoms with Crippen molar-refractivity contribution in [3.63, 3.8) is 0 Å². The van der Waals surface area contributed by atoms with Crippen LogP contribution in [-0.2, 0) is 6.42 Å². The van der Waals surface area contributed by atoms with E-state index >= 15 is 0 Å². The largest absolute Gasteiger partial charge is 0.355 e. The maximum Gasteiger partial charge on any atom is 0.261 e. The van der Waals surface area contributed by atoms with E-state index in [1.807, 2.05) is 6.92 Å². The number of nitrogens with one attached hydrogen (secondary N) is 2. The number of pyridine rings is 1. The molecule has 1 unspecified atom stereocenters. The molecule has 5 heteroatoms. The van der Waals surface area contributed by atoms with Crippen LogP contribution in [0.3, 0.4) is 0 Å². The van der Waals surface area contributed by atoms with Crippen molar-refractivity contribution in [3.05, 3.63) is 33.2 Å². The minimum Gasteiger partial charge on any atom is -0.355 e. The highest BCUT2D eigenvalue weighted by Gasteiger charge is 2.25. The first-order chi connectivity index (χ1) is 8.02. The van der Waals surface area contributed by atoms with Gasteiger partial charge in [-0.15, -0.1) is 0 Å². The monoisotopic (exact) mass is 234 g/mol. The third-order valence-electron chi connectivity index (χ3n) is 2.98. The summed E-state index contributed by atoms with van der Waals surface area (Å²) in [5.74, 6) is -0.253. The predicted molar refractivity (Wildman–Crippen MR) is 62.3 cm³/mol. The van der Waals surface area contributed by atoms with E-state index in [4.69, 9.17) is 0 Å². The maximum absolute atomic E-state index is 11.8. The van der Waals surface area contributed by atoms with Gasteiger partial charge in [0.25, 0.3) is 11.5 Å². The average molecular weight is 234 g/mol. The van der Waals surface area contributed by atoms with Crippen molar-refractivity contribution in [2.45, 2.75) is 19.8 Å². The van der Waals surface area contributed by atoms with Crippen LogP contribution in [0.2, 0.25) is 0 Å². The molecule has 1 heterocycles. The second-order valence-corrected chi connectivity index (χ2v) is 4.42. The van der Waals surface area contributed by atoms with Gasteiger partial charge in [0.2, 0.25) is 0 Å². The van der Waals surface area contributed by atoms with Crippen LogP contribution in [0.15, 0.2) is 10.9 Å². The molecule has 0 bridgehead atoms. The Kier molecular flexibility index (Phi) is 2.83. The number of H-pyrrole nitrogens is 1. The molecule has 1 aromatic rings. The van der Waals surface area contributed by atoms with E-state index in [0.717, 1.165) is 0 Å². The van der Waals surface area contributed by atoms with E-state index in [1.165, 1.54) is 13.1 Å². The fraction of sp³-hybridized carbons (Fsp3) is 0.417. The van der Waals surface area contributed by atoms with Crippen molar-refractivity contribution in [3.8, 4) is 0 Å². The van der Waals surface area contributed by atoms with Gasteiger partial charge in [-0.25, -0.2) is 0 Å². The Labute approximate surface area is 98.2 Å². The summed E-state index contributed by atoms with van der Waals surface area (Å²) in [6, 6.07) is 1.40. The van der Waals surface area contributed by atoms with E-state index in [-0.39, 0.29) is 17.3 Å². The van der Waals surface area contributed by atoms with Crippen molar-refractivity contribution >= 4 is 11.7 Å². The zero-order chi connectivity index (χ0) is 12.6. The summed E-state index contributed by atoms with van der Waals surface area (Å²) in [6.45, 7) is 1.96. The van der Waals surface area contributed by atoms with Gasteiger partial charge < -0.3 is 10.3 Å². The summed E-state index contributed by atoms with van der Waals surface area (Å²) in [4.78, 5) is 37.6. The Balaban J connectivity index is 2.56. The van der Waals surface area contributed by atoms with Crippen molar-refractivity contribution in [2.75, 3.05) is 7.05 Å². The van der Waals surface area contributed by atoms with E-state index in [9.17, 15) is 14.4 Å². The summed E-state index contributed by atoms with van der Waals surface area (Å²) in [5, 5.41) is 2.38. The normalized spacial score (nSPS) is 18.7. The molecular formula is C12H14N2O3. The molecular weight excluding hydrogens is 220 g/mol. The standard InChI is InChI=1S/C12H14N2O3/c1-6-3-9-7(10(15)4-6)5-8(11(16)13-2)12(17)14-9/h5-6H,3-4H2,1-2H3,(H,13,16)(H,14,17). The summed E-state index contributed by atoms with van der Waals surface area (Å²) in [6.07, 6.45) is 1.14. The molecule has 1 aliphatic carbocycles. The second-order valence-electron chi connectivity index (χ2n) is 4.42. The molecule has 0 saturated heterocycles. The number of amides is 1. The fourth-order valence-electron chi connectivity index (χ4n) is 2.13. The minimum atomic E-state index is -0.472. The van der Waals surface area contributed by atoms with Gasteiger partial charge in [0, 0.05) is 24.7 Å². The Hall–Kier alpha value is -1.91. The number of rotatable bonds is 1. The average Bonchev–Trinajstić information content (AvgIpc) is 2.27. The predicted octanol–water partition coefficient (Wildman–Crippen LogP) is 0.499. The molecule has 0 aromatic carbocycles. The van der Waals surface area contributed by atoms with Crippen LogP contribution in [0.4, 0.5) is 0 Å². The van der Waals surface area contributed by atoms with Crippen LogP contribution in [0.1, 0.15) is 39.8 Å². The number of aromatic nitrogens is 1. The molecule has 0 saturated carbocycles. The molecule has 1 amide bonds.